The zero-order valence-electron chi connectivity index (χ0n) is 11.1. The Bertz CT molecular complexity index is 614. The molecule has 0 unspecified atom stereocenters. The lowest BCUT2D eigenvalue weighted by molar-refractivity contribution is 0.0695. The Morgan fingerprint density at radius 3 is 2.70 bits per heavy atom. The maximum absolute atomic E-state index is 10.9. The fourth-order valence-corrected chi connectivity index (χ4v) is 1.55. The van der Waals surface area contributed by atoms with Crippen molar-refractivity contribution in [3.8, 4) is 5.88 Å². The second-order valence-electron chi connectivity index (χ2n) is 3.94. The van der Waals surface area contributed by atoms with Crippen LogP contribution in [0.25, 0.3) is 0 Å². The topological polar surface area (TPSA) is 97.2 Å². The summed E-state index contributed by atoms with van der Waals surface area (Å²) in [6.07, 6.45) is 2.86. The van der Waals surface area contributed by atoms with Crippen molar-refractivity contribution in [3.05, 3.63) is 35.8 Å². The minimum absolute atomic E-state index is 0.0837. The number of aromatic carboxylic acids is 1. The first kappa shape index (κ1) is 13.7. The first-order valence-corrected chi connectivity index (χ1v) is 6.03. The summed E-state index contributed by atoms with van der Waals surface area (Å²) in [6.45, 7) is 4.06. The van der Waals surface area contributed by atoms with Gasteiger partial charge in [-0.3, -0.25) is 0 Å². The molecule has 2 aromatic heterocycles. The molecule has 104 valence electrons. The van der Waals surface area contributed by atoms with E-state index in [-0.39, 0.29) is 5.56 Å². The number of carbonyl (C=O) groups is 1. The number of aryl methyl sites for hydroxylation is 1. The summed E-state index contributed by atoms with van der Waals surface area (Å²) in [5, 5.41) is 11.9. The molecule has 7 heteroatoms. The van der Waals surface area contributed by atoms with Crippen LogP contribution in [0.15, 0.2) is 24.5 Å². The molecule has 7 nitrogen and oxygen atoms in total. The Morgan fingerprint density at radius 2 is 2.15 bits per heavy atom. The van der Waals surface area contributed by atoms with E-state index in [4.69, 9.17) is 9.84 Å². The molecule has 0 saturated carbocycles. The van der Waals surface area contributed by atoms with Crippen LogP contribution < -0.4 is 10.1 Å². The maximum atomic E-state index is 10.9. The normalized spacial score (nSPS) is 10.1. The summed E-state index contributed by atoms with van der Waals surface area (Å²) in [5.41, 5.74) is 1.17. The highest BCUT2D eigenvalue weighted by molar-refractivity contribution is 5.88. The molecule has 0 saturated heterocycles. The molecule has 0 atom stereocenters. The van der Waals surface area contributed by atoms with Gasteiger partial charge in [0.25, 0.3) is 0 Å². The van der Waals surface area contributed by atoms with E-state index in [2.05, 4.69) is 20.3 Å². The zero-order valence-corrected chi connectivity index (χ0v) is 11.1. The Morgan fingerprint density at radius 1 is 1.35 bits per heavy atom. The molecule has 0 aromatic carbocycles. The number of carboxylic acid groups (broad SMARTS) is 1. The van der Waals surface area contributed by atoms with Gasteiger partial charge in [0.1, 0.15) is 0 Å². The number of ether oxygens (including phenoxy) is 1. The second kappa shape index (κ2) is 5.96. The number of anilines is 2. The summed E-state index contributed by atoms with van der Waals surface area (Å²) in [5.74, 6) is -0.188. The summed E-state index contributed by atoms with van der Waals surface area (Å²) in [6, 6.07) is 3.51. The van der Waals surface area contributed by atoms with Gasteiger partial charge in [-0.1, -0.05) is 0 Å². The van der Waals surface area contributed by atoms with Crippen molar-refractivity contribution in [2.24, 2.45) is 0 Å². The third-order valence-corrected chi connectivity index (χ3v) is 2.49. The number of nitrogens with one attached hydrogen (secondary N) is 1. The molecule has 0 bridgehead atoms. The number of rotatable bonds is 5. The Kier molecular flexibility index (Phi) is 4.09. The largest absolute Gasteiger partial charge is 0.478 e. The van der Waals surface area contributed by atoms with Gasteiger partial charge in [-0.2, -0.15) is 0 Å². The van der Waals surface area contributed by atoms with E-state index >= 15 is 0 Å². The van der Waals surface area contributed by atoms with Crippen LogP contribution >= 0.6 is 0 Å². The van der Waals surface area contributed by atoms with Crippen LogP contribution in [-0.4, -0.2) is 32.6 Å². The molecule has 0 fully saturated rings. The monoisotopic (exact) mass is 274 g/mol. The summed E-state index contributed by atoms with van der Waals surface area (Å²) < 4.78 is 5.24. The minimum atomic E-state index is -1.04. The summed E-state index contributed by atoms with van der Waals surface area (Å²) in [4.78, 5) is 23.0. The van der Waals surface area contributed by atoms with Gasteiger partial charge in [-0.05, 0) is 19.9 Å². The fraction of sp³-hybridized carbons (Fsp3) is 0.231. The maximum Gasteiger partial charge on any atom is 0.339 e. The second-order valence-corrected chi connectivity index (χ2v) is 3.94. The molecule has 2 heterocycles. The Balaban J connectivity index is 2.13. The molecular weight excluding hydrogens is 260 g/mol. The van der Waals surface area contributed by atoms with E-state index in [1.54, 1.807) is 25.3 Å². The smallest absolute Gasteiger partial charge is 0.339 e. The SMILES string of the molecule is CCOc1ccc(Nc2ncc(C(=O)O)c(C)n2)cn1. The van der Waals surface area contributed by atoms with Crippen molar-refractivity contribution >= 4 is 17.6 Å². The Labute approximate surface area is 115 Å². The van der Waals surface area contributed by atoms with E-state index in [1.165, 1.54) is 6.20 Å². The van der Waals surface area contributed by atoms with Crippen molar-refractivity contribution in [2.45, 2.75) is 13.8 Å². The predicted octanol–water partition coefficient (Wildman–Crippen LogP) is 2.02. The molecule has 2 aromatic rings. The standard InChI is InChI=1S/C13H14N4O3/c1-3-20-11-5-4-9(6-14-11)17-13-15-7-10(12(18)19)8(2)16-13/h4-7H,3H2,1-2H3,(H,18,19)(H,15,16,17). The lowest BCUT2D eigenvalue weighted by atomic mass is 10.2. The van der Waals surface area contributed by atoms with Crippen molar-refractivity contribution < 1.29 is 14.6 Å². The van der Waals surface area contributed by atoms with Crippen LogP contribution in [0.3, 0.4) is 0 Å². The van der Waals surface area contributed by atoms with Crippen molar-refractivity contribution in [3.63, 3.8) is 0 Å². The first-order chi connectivity index (χ1) is 9.60. The quantitative estimate of drug-likeness (QED) is 0.860. The molecule has 0 aliphatic carbocycles. The number of carboxylic acids is 1. The van der Waals surface area contributed by atoms with Crippen molar-refractivity contribution in [1.29, 1.82) is 0 Å². The number of hydrogen-bond donors (Lipinski definition) is 2. The van der Waals surface area contributed by atoms with Crippen molar-refractivity contribution in [2.75, 3.05) is 11.9 Å². The van der Waals surface area contributed by atoms with Gasteiger partial charge in [0, 0.05) is 12.3 Å². The molecule has 0 spiro atoms. The van der Waals surface area contributed by atoms with Crippen molar-refractivity contribution in [1.82, 2.24) is 15.0 Å². The number of hydrogen-bond acceptors (Lipinski definition) is 6. The molecule has 2 rings (SSSR count). The van der Waals surface area contributed by atoms with Crippen LogP contribution in [-0.2, 0) is 0 Å². The van der Waals surface area contributed by atoms with Gasteiger partial charge in [-0.25, -0.2) is 19.7 Å². The van der Waals surface area contributed by atoms with Crippen LogP contribution in [0.4, 0.5) is 11.6 Å². The molecule has 2 N–H and O–H groups in total. The average Bonchev–Trinajstić information content (AvgIpc) is 2.41. The van der Waals surface area contributed by atoms with E-state index < -0.39 is 5.97 Å². The number of pyridine rings is 1. The zero-order chi connectivity index (χ0) is 14.5. The highest BCUT2D eigenvalue weighted by Gasteiger charge is 2.10. The van der Waals surface area contributed by atoms with Crippen LogP contribution in [0, 0.1) is 6.92 Å². The predicted molar refractivity (Wildman–Crippen MR) is 72.4 cm³/mol. The molecule has 20 heavy (non-hydrogen) atoms. The van der Waals surface area contributed by atoms with Crippen LogP contribution in [0.1, 0.15) is 23.0 Å². The molecule has 0 aliphatic rings. The summed E-state index contributed by atoms with van der Waals surface area (Å²) >= 11 is 0. The van der Waals surface area contributed by atoms with E-state index in [0.717, 1.165) is 0 Å². The minimum Gasteiger partial charge on any atom is -0.478 e. The molecule has 0 aliphatic heterocycles. The van der Waals surface area contributed by atoms with Gasteiger partial charge < -0.3 is 15.2 Å². The van der Waals surface area contributed by atoms with Gasteiger partial charge >= 0.3 is 5.97 Å². The van der Waals surface area contributed by atoms with E-state index in [1.807, 2.05) is 6.92 Å². The third kappa shape index (κ3) is 3.19. The van der Waals surface area contributed by atoms with Gasteiger partial charge in [-0.15, -0.1) is 0 Å². The van der Waals surface area contributed by atoms with E-state index in [9.17, 15) is 4.79 Å². The number of nitrogens with zero attached hydrogens (tertiary/aromatic N) is 3. The highest BCUT2D eigenvalue weighted by atomic mass is 16.5. The van der Waals surface area contributed by atoms with Gasteiger partial charge in [0.2, 0.25) is 11.8 Å². The summed E-state index contributed by atoms with van der Waals surface area (Å²) in [7, 11) is 0. The number of aromatic nitrogens is 3. The lowest BCUT2D eigenvalue weighted by Crippen LogP contribution is -2.06. The van der Waals surface area contributed by atoms with E-state index in [0.29, 0.717) is 29.8 Å². The lowest BCUT2D eigenvalue weighted by Gasteiger charge is -2.07. The van der Waals surface area contributed by atoms with Crippen LogP contribution in [0.2, 0.25) is 0 Å². The van der Waals surface area contributed by atoms with Crippen LogP contribution in [0.5, 0.6) is 5.88 Å². The van der Waals surface area contributed by atoms with Gasteiger partial charge in [0.15, 0.2) is 0 Å². The molecule has 0 radical (unpaired) electrons. The molecular formula is C13H14N4O3. The third-order valence-electron chi connectivity index (χ3n) is 2.49. The highest BCUT2D eigenvalue weighted by Crippen LogP contribution is 2.16. The first-order valence-electron chi connectivity index (χ1n) is 6.03. The fourth-order valence-electron chi connectivity index (χ4n) is 1.55. The van der Waals surface area contributed by atoms with Gasteiger partial charge in [0.05, 0.1) is 29.7 Å². The average molecular weight is 274 g/mol. The molecule has 0 amide bonds. The Hall–Kier alpha value is -2.70.